The third-order valence-electron chi connectivity index (χ3n) is 5.15. The summed E-state index contributed by atoms with van der Waals surface area (Å²) in [7, 11) is 0. The summed E-state index contributed by atoms with van der Waals surface area (Å²) >= 11 is 0. The molecule has 2 aromatic carbocycles. The first kappa shape index (κ1) is 19.0. The van der Waals surface area contributed by atoms with Crippen LogP contribution in [0.2, 0.25) is 0 Å². The molecule has 0 aliphatic rings. The van der Waals surface area contributed by atoms with E-state index in [1.54, 1.807) is 24.5 Å². The van der Waals surface area contributed by atoms with E-state index in [1.807, 2.05) is 24.3 Å². The maximum Gasteiger partial charge on any atom is 0.291 e. The lowest BCUT2D eigenvalue weighted by Crippen LogP contribution is -2.11. The molecule has 0 aliphatic heterocycles. The minimum absolute atomic E-state index is 0.183. The number of hydrogen-bond donors (Lipinski definition) is 1. The lowest BCUT2D eigenvalue weighted by molar-refractivity contribution is 0.0998. The smallest absolute Gasteiger partial charge is 0.291 e. The summed E-state index contributed by atoms with van der Waals surface area (Å²) in [5, 5.41) is 8.80. The van der Waals surface area contributed by atoms with Gasteiger partial charge in [0, 0.05) is 28.9 Å². The molecule has 5 rings (SSSR count). The van der Waals surface area contributed by atoms with E-state index in [1.165, 1.54) is 22.9 Å². The van der Waals surface area contributed by atoms with Crippen molar-refractivity contribution in [2.75, 3.05) is 5.32 Å². The minimum atomic E-state index is -0.460. The van der Waals surface area contributed by atoms with E-state index in [4.69, 9.17) is 4.42 Å². The van der Waals surface area contributed by atoms with Crippen molar-refractivity contribution in [2.24, 2.45) is 0 Å². The fourth-order valence-electron chi connectivity index (χ4n) is 3.42. The molecule has 3 aromatic heterocycles. The number of pyridine rings is 1. The van der Waals surface area contributed by atoms with Crippen molar-refractivity contribution in [2.45, 2.75) is 19.8 Å². The van der Waals surface area contributed by atoms with Crippen LogP contribution < -0.4 is 5.32 Å². The predicted molar refractivity (Wildman–Crippen MR) is 117 cm³/mol. The van der Waals surface area contributed by atoms with Gasteiger partial charge in [-0.05, 0) is 47.9 Å². The minimum Gasteiger partial charge on any atom is -0.451 e. The van der Waals surface area contributed by atoms with Crippen LogP contribution in [0, 0.1) is 5.82 Å². The highest BCUT2D eigenvalue weighted by Crippen LogP contribution is 2.24. The van der Waals surface area contributed by atoms with Crippen LogP contribution >= 0.6 is 0 Å². The Morgan fingerprint density at radius 1 is 1.10 bits per heavy atom. The van der Waals surface area contributed by atoms with Gasteiger partial charge >= 0.3 is 0 Å². The molecule has 6 nitrogen and oxygen atoms in total. The molecule has 0 saturated carbocycles. The number of carbonyl (C=O) groups excluding carboxylic acids is 1. The Morgan fingerprint density at radius 2 is 1.94 bits per heavy atom. The number of halogens is 1. The van der Waals surface area contributed by atoms with Crippen molar-refractivity contribution in [1.29, 1.82) is 0 Å². The van der Waals surface area contributed by atoms with Gasteiger partial charge in [0.25, 0.3) is 5.91 Å². The largest absolute Gasteiger partial charge is 0.451 e. The number of rotatable bonds is 4. The predicted octanol–water partition coefficient (Wildman–Crippen LogP) is 5.68. The molecule has 5 aromatic rings. The van der Waals surface area contributed by atoms with Gasteiger partial charge in [0.05, 0.1) is 0 Å². The number of carbonyl (C=O) groups is 1. The molecule has 0 radical (unpaired) electrons. The summed E-state index contributed by atoms with van der Waals surface area (Å²) in [6.07, 6.45) is 3.52. The molecule has 154 valence electrons. The first-order valence-electron chi connectivity index (χ1n) is 9.93. The summed E-state index contributed by atoms with van der Waals surface area (Å²) in [5.74, 6) is -0.364. The van der Waals surface area contributed by atoms with Gasteiger partial charge < -0.3 is 9.73 Å². The van der Waals surface area contributed by atoms with Gasteiger partial charge in [-0.2, -0.15) is 0 Å². The van der Waals surface area contributed by atoms with Crippen LogP contribution in [-0.4, -0.2) is 20.7 Å². The van der Waals surface area contributed by atoms with E-state index < -0.39 is 11.7 Å². The van der Waals surface area contributed by atoms with Gasteiger partial charge in [0.15, 0.2) is 11.4 Å². The SMILES string of the molecule is CC(C)c1cnc2nn(-c3cc(NC(=O)c4cc5ccccc5o4)ccc3F)cc2c1. The van der Waals surface area contributed by atoms with E-state index in [0.29, 0.717) is 22.8 Å². The average Bonchev–Trinajstić information content (AvgIpc) is 3.38. The monoisotopic (exact) mass is 414 g/mol. The fraction of sp³-hybridized carbons (Fsp3) is 0.125. The molecule has 1 amide bonds. The summed E-state index contributed by atoms with van der Waals surface area (Å²) in [4.78, 5) is 17.0. The Hall–Kier alpha value is -4.00. The molecule has 0 bridgehead atoms. The second-order valence-corrected chi connectivity index (χ2v) is 7.68. The number of nitrogens with zero attached hydrogens (tertiary/aromatic N) is 3. The second-order valence-electron chi connectivity index (χ2n) is 7.68. The van der Waals surface area contributed by atoms with Crippen LogP contribution in [0.5, 0.6) is 0 Å². The maximum absolute atomic E-state index is 14.6. The molecular formula is C24H19FN4O2. The first-order valence-corrected chi connectivity index (χ1v) is 9.93. The molecule has 3 heterocycles. The normalized spacial score (nSPS) is 11.5. The van der Waals surface area contributed by atoms with E-state index >= 15 is 0 Å². The number of aromatic nitrogens is 3. The number of hydrogen-bond acceptors (Lipinski definition) is 4. The van der Waals surface area contributed by atoms with Gasteiger partial charge in [-0.3, -0.25) is 4.79 Å². The molecule has 31 heavy (non-hydrogen) atoms. The van der Waals surface area contributed by atoms with Crippen molar-refractivity contribution in [3.63, 3.8) is 0 Å². The highest BCUT2D eigenvalue weighted by molar-refractivity contribution is 6.04. The summed E-state index contributed by atoms with van der Waals surface area (Å²) in [5.41, 5.74) is 2.88. The molecule has 0 fully saturated rings. The highest BCUT2D eigenvalue weighted by atomic mass is 19.1. The number of fused-ring (bicyclic) bond motifs is 2. The average molecular weight is 414 g/mol. The Balaban J connectivity index is 1.46. The summed E-state index contributed by atoms with van der Waals surface area (Å²) < 4.78 is 21.6. The van der Waals surface area contributed by atoms with Crippen molar-refractivity contribution in [3.05, 3.63) is 84.1 Å². The Bertz CT molecular complexity index is 1400. The van der Waals surface area contributed by atoms with Gasteiger partial charge in [-0.1, -0.05) is 32.0 Å². The fourth-order valence-corrected chi connectivity index (χ4v) is 3.42. The number of furan rings is 1. The molecule has 0 unspecified atom stereocenters. The van der Waals surface area contributed by atoms with E-state index in [0.717, 1.165) is 16.3 Å². The van der Waals surface area contributed by atoms with Crippen molar-refractivity contribution >= 4 is 33.6 Å². The zero-order valence-electron chi connectivity index (χ0n) is 17.0. The summed E-state index contributed by atoms with van der Waals surface area (Å²) in [6, 6.07) is 15.4. The third kappa shape index (κ3) is 3.54. The quantitative estimate of drug-likeness (QED) is 0.411. The van der Waals surface area contributed by atoms with Crippen LogP contribution in [0.15, 0.2) is 71.4 Å². The molecule has 1 N–H and O–H groups in total. The second kappa shape index (κ2) is 7.36. The van der Waals surface area contributed by atoms with Crippen LogP contribution in [-0.2, 0) is 0 Å². The van der Waals surface area contributed by atoms with Crippen LogP contribution in [0.25, 0.3) is 27.7 Å². The number of anilines is 1. The van der Waals surface area contributed by atoms with E-state index in [-0.39, 0.29) is 11.4 Å². The Morgan fingerprint density at radius 3 is 2.74 bits per heavy atom. The van der Waals surface area contributed by atoms with Crippen molar-refractivity contribution in [3.8, 4) is 5.69 Å². The van der Waals surface area contributed by atoms with Gasteiger partial charge in [0.2, 0.25) is 0 Å². The van der Waals surface area contributed by atoms with E-state index in [9.17, 15) is 9.18 Å². The number of para-hydroxylation sites is 1. The number of amides is 1. The van der Waals surface area contributed by atoms with E-state index in [2.05, 4.69) is 29.2 Å². The van der Waals surface area contributed by atoms with Gasteiger partial charge in [-0.15, -0.1) is 5.10 Å². The topological polar surface area (TPSA) is 73.0 Å². The van der Waals surface area contributed by atoms with Gasteiger partial charge in [0.1, 0.15) is 17.1 Å². The molecule has 0 aliphatic carbocycles. The van der Waals surface area contributed by atoms with Gasteiger partial charge in [-0.25, -0.2) is 14.1 Å². The van der Waals surface area contributed by atoms with Crippen molar-refractivity contribution in [1.82, 2.24) is 14.8 Å². The lowest BCUT2D eigenvalue weighted by Gasteiger charge is -2.07. The van der Waals surface area contributed by atoms with Crippen LogP contribution in [0.3, 0.4) is 0 Å². The molecule has 7 heteroatoms. The number of nitrogens with one attached hydrogen (secondary N) is 1. The van der Waals surface area contributed by atoms with Crippen LogP contribution in [0.1, 0.15) is 35.9 Å². The highest BCUT2D eigenvalue weighted by Gasteiger charge is 2.15. The molecular weight excluding hydrogens is 395 g/mol. The Labute approximate surface area is 177 Å². The summed E-state index contributed by atoms with van der Waals surface area (Å²) in [6.45, 7) is 4.17. The van der Waals surface area contributed by atoms with Crippen LogP contribution in [0.4, 0.5) is 10.1 Å². The maximum atomic E-state index is 14.6. The molecule has 0 atom stereocenters. The molecule has 0 saturated heterocycles. The first-order chi connectivity index (χ1) is 15.0. The zero-order chi connectivity index (χ0) is 21.5. The Kier molecular flexibility index (Phi) is 4.51. The lowest BCUT2D eigenvalue weighted by atomic mass is 10.1. The third-order valence-corrected chi connectivity index (χ3v) is 5.15. The molecule has 0 spiro atoms. The van der Waals surface area contributed by atoms with Crippen molar-refractivity contribution < 1.29 is 13.6 Å². The number of benzene rings is 2. The zero-order valence-corrected chi connectivity index (χ0v) is 17.0. The standard InChI is InChI=1S/C24H19FN4O2/c1-14(2)16-9-17-13-29(28-23(17)26-12-16)20-11-18(7-8-19(20)25)27-24(30)22-10-15-5-3-4-6-21(15)31-22/h3-14H,1-2H3,(H,27,30).